The zero-order valence-corrected chi connectivity index (χ0v) is 20.5. The Morgan fingerprint density at radius 2 is 1.57 bits per heavy atom. The maximum absolute atomic E-state index is 6.01. The van der Waals surface area contributed by atoms with Gasteiger partial charge in [0.2, 0.25) is 0 Å². The summed E-state index contributed by atoms with van der Waals surface area (Å²) in [6.45, 7) is 12.8. The number of halogens is 1. The van der Waals surface area contributed by atoms with Crippen LogP contribution in [0.2, 0.25) is 5.02 Å². The molecule has 0 saturated heterocycles. The minimum Gasteiger partial charge on any atom is -0.384 e. The maximum Gasteiger partial charge on any atom is 0.0737 e. The van der Waals surface area contributed by atoms with Gasteiger partial charge in [0.15, 0.2) is 0 Å². The van der Waals surface area contributed by atoms with Gasteiger partial charge in [0, 0.05) is 28.8 Å². The second-order valence-corrected chi connectivity index (χ2v) is 10.9. The van der Waals surface area contributed by atoms with Gasteiger partial charge in [-0.2, -0.15) is 0 Å². The van der Waals surface area contributed by atoms with E-state index in [-0.39, 0.29) is 0 Å². The van der Waals surface area contributed by atoms with E-state index in [2.05, 4.69) is 44.9 Å². The molecule has 1 N–H and O–H groups in total. The Balaban J connectivity index is 0.000000196. The van der Waals surface area contributed by atoms with E-state index >= 15 is 0 Å². The number of pyridine rings is 1. The van der Waals surface area contributed by atoms with Gasteiger partial charge in [0.1, 0.15) is 0 Å². The van der Waals surface area contributed by atoms with Crippen LogP contribution in [-0.4, -0.2) is 11.5 Å². The van der Waals surface area contributed by atoms with Crippen LogP contribution < -0.4 is 5.32 Å². The second-order valence-electron chi connectivity index (χ2n) is 10.5. The van der Waals surface area contributed by atoms with Crippen molar-refractivity contribution in [2.24, 2.45) is 22.7 Å². The third kappa shape index (κ3) is 5.31. The van der Waals surface area contributed by atoms with Crippen LogP contribution in [0.3, 0.4) is 0 Å². The molecular weight excluding hydrogens is 388 g/mol. The third-order valence-electron chi connectivity index (χ3n) is 8.43. The second kappa shape index (κ2) is 9.90. The molecular formula is C27H41ClN2. The van der Waals surface area contributed by atoms with Crippen molar-refractivity contribution in [2.75, 3.05) is 11.9 Å². The van der Waals surface area contributed by atoms with Crippen molar-refractivity contribution < 1.29 is 0 Å². The fourth-order valence-corrected chi connectivity index (χ4v) is 4.89. The van der Waals surface area contributed by atoms with Crippen molar-refractivity contribution in [3.63, 3.8) is 0 Å². The molecule has 2 aromatic rings. The standard InChI is InChI=1S/C16H21ClN2.C11H20/c1-4-16(3,5-2)11-19-14-8-9-18-15-10-12(17)6-7-13(14)15;1-11(2,9-5-3-6-9)10-7-4-8-10/h6-10H,4-5,11H2,1-3H3,(H,18,19);9-10H,3-8H2,1-2H3. The molecule has 1 aromatic carbocycles. The van der Waals surface area contributed by atoms with Crippen molar-refractivity contribution in [2.45, 2.75) is 86.0 Å². The molecule has 0 spiro atoms. The summed E-state index contributed by atoms with van der Waals surface area (Å²) in [5.74, 6) is 2.15. The molecule has 1 heterocycles. The number of fused-ring (bicyclic) bond motifs is 1. The first-order chi connectivity index (χ1) is 14.3. The smallest absolute Gasteiger partial charge is 0.0737 e. The monoisotopic (exact) mass is 428 g/mol. The quantitative estimate of drug-likeness (QED) is 0.476. The van der Waals surface area contributed by atoms with Crippen LogP contribution in [0.15, 0.2) is 30.5 Å². The summed E-state index contributed by atoms with van der Waals surface area (Å²) >= 11 is 6.01. The molecule has 166 valence electrons. The van der Waals surface area contributed by atoms with Crippen LogP contribution in [0.4, 0.5) is 5.69 Å². The Hall–Kier alpha value is -1.28. The number of rotatable bonds is 7. The summed E-state index contributed by atoms with van der Waals surface area (Å²) in [4.78, 5) is 4.36. The molecule has 4 rings (SSSR count). The Morgan fingerprint density at radius 3 is 2.07 bits per heavy atom. The van der Waals surface area contributed by atoms with Crippen LogP contribution in [0.5, 0.6) is 0 Å². The first-order valence-corrected chi connectivity index (χ1v) is 12.4. The normalized spacial score (nSPS) is 17.7. The first-order valence-electron chi connectivity index (χ1n) is 12.1. The number of anilines is 1. The summed E-state index contributed by atoms with van der Waals surface area (Å²) in [5.41, 5.74) is 3.10. The van der Waals surface area contributed by atoms with E-state index in [9.17, 15) is 0 Å². The summed E-state index contributed by atoms with van der Waals surface area (Å²) in [5, 5.41) is 5.42. The Morgan fingerprint density at radius 1 is 0.967 bits per heavy atom. The van der Waals surface area contributed by atoms with Gasteiger partial charge in [-0.15, -0.1) is 0 Å². The molecule has 0 atom stereocenters. The summed E-state index contributed by atoms with van der Waals surface area (Å²) in [6.07, 6.45) is 13.2. The summed E-state index contributed by atoms with van der Waals surface area (Å²) < 4.78 is 0. The highest BCUT2D eigenvalue weighted by atomic mass is 35.5. The molecule has 2 saturated carbocycles. The number of aromatic nitrogens is 1. The minimum atomic E-state index is 0.335. The van der Waals surface area contributed by atoms with Crippen molar-refractivity contribution in [3.8, 4) is 0 Å². The molecule has 1 aromatic heterocycles. The van der Waals surface area contributed by atoms with Crippen molar-refractivity contribution in [1.29, 1.82) is 0 Å². The first kappa shape index (κ1) is 23.4. The van der Waals surface area contributed by atoms with Gasteiger partial charge in [0.05, 0.1) is 5.52 Å². The molecule has 30 heavy (non-hydrogen) atoms. The van der Waals surface area contributed by atoms with Crippen LogP contribution in [0.1, 0.15) is 86.0 Å². The predicted octanol–water partition coefficient (Wildman–Crippen LogP) is 8.74. The molecule has 2 nitrogen and oxygen atoms in total. The molecule has 0 unspecified atom stereocenters. The fraction of sp³-hybridized carbons (Fsp3) is 0.667. The lowest BCUT2D eigenvalue weighted by atomic mass is 9.56. The minimum absolute atomic E-state index is 0.335. The van der Waals surface area contributed by atoms with Crippen molar-refractivity contribution in [1.82, 2.24) is 4.98 Å². The molecule has 0 radical (unpaired) electrons. The largest absolute Gasteiger partial charge is 0.384 e. The van der Waals surface area contributed by atoms with Crippen LogP contribution >= 0.6 is 11.6 Å². The zero-order chi connectivity index (χ0) is 21.8. The predicted molar refractivity (Wildman–Crippen MR) is 132 cm³/mol. The van der Waals surface area contributed by atoms with Crippen molar-refractivity contribution in [3.05, 3.63) is 35.5 Å². The van der Waals surface area contributed by atoms with Crippen LogP contribution in [-0.2, 0) is 0 Å². The third-order valence-corrected chi connectivity index (χ3v) is 8.67. The maximum atomic E-state index is 6.01. The van der Waals surface area contributed by atoms with Gasteiger partial charge in [-0.1, -0.05) is 59.1 Å². The summed E-state index contributed by atoms with van der Waals surface area (Å²) in [7, 11) is 0. The van der Waals surface area contributed by atoms with Gasteiger partial charge in [-0.05, 0) is 85.5 Å². The van der Waals surface area contributed by atoms with Gasteiger partial charge in [-0.25, -0.2) is 0 Å². The van der Waals surface area contributed by atoms with E-state index in [0.717, 1.165) is 40.0 Å². The zero-order valence-electron chi connectivity index (χ0n) is 19.7. The van der Waals surface area contributed by atoms with Gasteiger partial charge >= 0.3 is 0 Å². The topological polar surface area (TPSA) is 24.9 Å². The molecule has 2 aliphatic carbocycles. The van der Waals surface area contributed by atoms with E-state index in [1.807, 2.05) is 30.5 Å². The van der Waals surface area contributed by atoms with Gasteiger partial charge < -0.3 is 5.32 Å². The Kier molecular flexibility index (Phi) is 7.71. The van der Waals surface area contributed by atoms with E-state index < -0.39 is 0 Å². The number of nitrogens with zero attached hydrogens (tertiary/aromatic N) is 1. The average molecular weight is 429 g/mol. The molecule has 2 aliphatic rings. The van der Waals surface area contributed by atoms with Gasteiger partial charge in [-0.3, -0.25) is 4.98 Å². The molecule has 2 fully saturated rings. The van der Waals surface area contributed by atoms with E-state index in [1.165, 1.54) is 51.4 Å². The number of hydrogen-bond acceptors (Lipinski definition) is 2. The lowest BCUT2D eigenvalue weighted by Crippen LogP contribution is -2.39. The van der Waals surface area contributed by atoms with E-state index in [0.29, 0.717) is 10.8 Å². The van der Waals surface area contributed by atoms with Crippen LogP contribution in [0, 0.1) is 22.7 Å². The Labute approximate surface area is 189 Å². The number of hydrogen-bond donors (Lipinski definition) is 1. The number of nitrogens with one attached hydrogen (secondary N) is 1. The highest BCUT2D eigenvalue weighted by Crippen LogP contribution is 2.52. The van der Waals surface area contributed by atoms with Crippen molar-refractivity contribution >= 4 is 28.2 Å². The van der Waals surface area contributed by atoms with E-state index in [1.54, 1.807) is 0 Å². The SMILES string of the molecule is CC(C)(C1CCC1)C1CCC1.CCC(C)(CC)CNc1ccnc2cc(Cl)ccc12. The number of benzene rings is 1. The lowest BCUT2D eigenvalue weighted by Gasteiger charge is -2.49. The highest BCUT2D eigenvalue weighted by molar-refractivity contribution is 6.31. The molecule has 0 aliphatic heterocycles. The van der Waals surface area contributed by atoms with E-state index in [4.69, 9.17) is 11.6 Å². The molecule has 0 amide bonds. The summed E-state index contributed by atoms with van der Waals surface area (Å²) in [6, 6.07) is 7.88. The molecule has 3 heteroatoms. The van der Waals surface area contributed by atoms with Crippen LogP contribution in [0.25, 0.3) is 10.9 Å². The van der Waals surface area contributed by atoms with Gasteiger partial charge in [0.25, 0.3) is 0 Å². The average Bonchev–Trinajstić information content (AvgIpc) is 2.62. The lowest BCUT2D eigenvalue weighted by molar-refractivity contribution is 0.0135. The highest BCUT2D eigenvalue weighted by Gasteiger charge is 2.42. The molecule has 0 bridgehead atoms. The fourth-order valence-electron chi connectivity index (χ4n) is 4.72. The Bertz CT molecular complexity index is 801.